The molecule has 20 heavy (non-hydrogen) atoms. The summed E-state index contributed by atoms with van der Waals surface area (Å²) in [4.78, 5) is 0. The molecule has 0 saturated heterocycles. The van der Waals surface area contributed by atoms with E-state index in [-0.39, 0.29) is 5.41 Å². The minimum absolute atomic E-state index is 0.198. The van der Waals surface area contributed by atoms with Crippen molar-refractivity contribution in [2.75, 3.05) is 6.54 Å². The molecule has 0 spiro atoms. The molecule has 106 valence electrons. The number of nitrogens with two attached hydrogens (primary N) is 1. The first-order valence-electron chi connectivity index (χ1n) is 7.45. The lowest BCUT2D eigenvalue weighted by atomic mass is 9.64. The summed E-state index contributed by atoms with van der Waals surface area (Å²) in [7, 11) is 0. The molecule has 2 N–H and O–H groups in total. The zero-order valence-corrected chi connectivity index (χ0v) is 12.4. The molecule has 0 radical (unpaired) electrons. The summed E-state index contributed by atoms with van der Waals surface area (Å²) < 4.78 is 2.13. The van der Waals surface area contributed by atoms with Crippen molar-refractivity contribution >= 4 is 0 Å². The van der Waals surface area contributed by atoms with E-state index in [1.165, 1.54) is 36.1 Å². The minimum Gasteiger partial charge on any atom is -0.330 e. The molecule has 1 fully saturated rings. The van der Waals surface area contributed by atoms with Gasteiger partial charge in [0.25, 0.3) is 0 Å². The summed E-state index contributed by atoms with van der Waals surface area (Å²) in [5.41, 5.74) is 11.4. The van der Waals surface area contributed by atoms with Gasteiger partial charge in [-0.25, -0.2) is 0 Å². The van der Waals surface area contributed by atoms with Crippen molar-refractivity contribution in [1.82, 2.24) is 9.78 Å². The Labute approximate surface area is 120 Å². The molecule has 0 aliphatic heterocycles. The van der Waals surface area contributed by atoms with Crippen LogP contribution in [-0.4, -0.2) is 16.3 Å². The van der Waals surface area contributed by atoms with E-state index in [0.29, 0.717) is 0 Å². The molecule has 1 aliphatic rings. The van der Waals surface area contributed by atoms with Crippen LogP contribution in [0.3, 0.4) is 0 Å². The highest BCUT2D eigenvalue weighted by Crippen LogP contribution is 2.45. The molecule has 3 nitrogen and oxygen atoms in total. The fraction of sp³-hybridized carbons (Fsp3) is 0.471. The minimum atomic E-state index is 0.198. The summed E-state index contributed by atoms with van der Waals surface area (Å²) in [5, 5.41) is 4.76. The monoisotopic (exact) mass is 269 g/mol. The lowest BCUT2D eigenvalue weighted by Gasteiger charge is -2.41. The van der Waals surface area contributed by atoms with Crippen molar-refractivity contribution in [1.29, 1.82) is 0 Å². The molecule has 3 rings (SSSR count). The maximum Gasteiger partial charge on any atom is 0.0662 e. The molecule has 1 aromatic heterocycles. The van der Waals surface area contributed by atoms with Gasteiger partial charge in [0.1, 0.15) is 0 Å². The Morgan fingerprint density at radius 1 is 1.20 bits per heavy atom. The molecule has 0 bridgehead atoms. The van der Waals surface area contributed by atoms with Crippen molar-refractivity contribution in [2.45, 2.75) is 45.1 Å². The molecule has 1 aliphatic carbocycles. The van der Waals surface area contributed by atoms with Crippen molar-refractivity contribution in [3.8, 4) is 0 Å². The standard InChI is InChI=1S/C17H23N3/c1-13-16(17(12-18)9-6-10-17)14(2)20(19-13)11-15-7-4-3-5-8-15/h3-5,7-8H,6,9-12,18H2,1-2H3. The smallest absolute Gasteiger partial charge is 0.0662 e. The maximum atomic E-state index is 6.06. The Kier molecular flexibility index (Phi) is 3.38. The Morgan fingerprint density at radius 2 is 1.90 bits per heavy atom. The van der Waals surface area contributed by atoms with Gasteiger partial charge in [-0.2, -0.15) is 5.10 Å². The summed E-state index contributed by atoms with van der Waals surface area (Å²) in [6, 6.07) is 10.5. The second kappa shape index (κ2) is 5.06. The van der Waals surface area contributed by atoms with Crippen molar-refractivity contribution in [3.63, 3.8) is 0 Å². The van der Waals surface area contributed by atoms with Gasteiger partial charge in [-0.05, 0) is 32.3 Å². The van der Waals surface area contributed by atoms with E-state index in [1.54, 1.807) is 0 Å². The van der Waals surface area contributed by atoms with Crippen LogP contribution in [0.2, 0.25) is 0 Å². The van der Waals surface area contributed by atoms with E-state index in [4.69, 9.17) is 10.8 Å². The van der Waals surface area contributed by atoms with E-state index < -0.39 is 0 Å². The van der Waals surface area contributed by atoms with Gasteiger partial charge in [0, 0.05) is 23.2 Å². The summed E-state index contributed by atoms with van der Waals surface area (Å²) in [6.07, 6.45) is 3.71. The van der Waals surface area contributed by atoms with E-state index in [1.807, 2.05) is 6.07 Å². The Bertz CT molecular complexity index is 589. The lowest BCUT2D eigenvalue weighted by molar-refractivity contribution is 0.250. The third-order valence-corrected chi connectivity index (χ3v) is 4.79. The Morgan fingerprint density at radius 3 is 2.45 bits per heavy atom. The topological polar surface area (TPSA) is 43.8 Å². The second-order valence-electron chi connectivity index (χ2n) is 6.03. The van der Waals surface area contributed by atoms with Crippen LogP contribution < -0.4 is 5.73 Å². The number of benzene rings is 1. The van der Waals surface area contributed by atoms with Gasteiger partial charge in [-0.3, -0.25) is 4.68 Å². The quantitative estimate of drug-likeness (QED) is 0.927. The first-order valence-corrected chi connectivity index (χ1v) is 7.45. The molecular formula is C17H23N3. The summed E-state index contributed by atoms with van der Waals surface area (Å²) in [6.45, 7) is 5.90. The van der Waals surface area contributed by atoms with Gasteiger partial charge in [-0.15, -0.1) is 0 Å². The van der Waals surface area contributed by atoms with E-state index in [0.717, 1.165) is 18.8 Å². The van der Waals surface area contributed by atoms with Crippen LogP contribution in [0, 0.1) is 13.8 Å². The summed E-state index contributed by atoms with van der Waals surface area (Å²) >= 11 is 0. The van der Waals surface area contributed by atoms with Crippen LogP contribution in [0.5, 0.6) is 0 Å². The van der Waals surface area contributed by atoms with Gasteiger partial charge < -0.3 is 5.73 Å². The number of aryl methyl sites for hydroxylation is 1. The number of hydrogen-bond acceptors (Lipinski definition) is 2. The number of aromatic nitrogens is 2. The highest BCUT2D eigenvalue weighted by molar-refractivity contribution is 5.36. The molecule has 3 heteroatoms. The van der Waals surface area contributed by atoms with Crippen molar-refractivity contribution < 1.29 is 0 Å². The van der Waals surface area contributed by atoms with Crippen molar-refractivity contribution in [3.05, 3.63) is 52.8 Å². The van der Waals surface area contributed by atoms with E-state index in [2.05, 4.69) is 42.8 Å². The predicted octanol–water partition coefficient (Wildman–Crippen LogP) is 2.93. The van der Waals surface area contributed by atoms with Crippen LogP contribution in [0.25, 0.3) is 0 Å². The summed E-state index contributed by atoms with van der Waals surface area (Å²) in [5.74, 6) is 0. The fourth-order valence-electron chi connectivity index (χ4n) is 3.53. The molecule has 0 atom stereocenters. The number of hydrogen-bond donors (Lipinski definition) is 1. The van der Waals surface area contributed by atoms with Crippen LogP contribution in [0.15, 0.2) is 30.3 Å². The molecule has 1 heterocycles. The average molecular weight is 269 g/mol. The largest absolute Gasteiger partial charge is 0.330 e. The van der Waals surface area contributed by atoms with E-state index >= 15 is 0 Å². The average Bonchev–Trinajstić information content (AvgIpc) is 2.68. The third kappa shape index (κ3) is 2.06. The van der Waals surface area contributed by atoms with Crippen LogP contribution in [0.1, 0.15) is 41.8 Å². The maximum absolute atomic E-state index is 6.06. The normalized spacial score (nSPS) is 16.9. The SMILES string of the molecule is Cc1nn(Cc2ccccc2)c(C)c1C1(CN)CCC1. The van der Waals surface area contributed by atoms with Gasteiger partial charge in [-0.1, -0.05) is 36.8 Å². The molecule has 0 amide bonds. The van der Waals surface area contributed by atoms with Gasteiger partial charge in [0.2, 0.25) is 0 Å². The second-order valence-corrected chi connectivity index (χ2v) is 6.03. The molecular weight excluding hydrogens is 246 g/mol. The van der Waals surface area contributed by atoms with Gasteiger partial charge in [0.05, 0.1) is 12.2 Å². The van der Waals surface area contributed by atoms with Gasteiger partial charge >= 0.3 is 0 Å². The predicted molar refractivity (Wildman–Crippen MR) is 81.8 cm³/mol. The van der Waals surface area contributed by atoms with Crippen molar-refractivity contribution in [2.24, 2.45) is 5.73 Å². The molecule has 1 saturated carbocycles. The van der Waals surface area contributed by atoms with Crippen LogP contribution in [-0.2, 0) is 12.0 Å². The molecule has 0 unspecified atom stereocenters. The van der Waals surface area contributed by atoms with E-state index in [9.17, 15) is 0 Å². The number of nitrogens with zero attached hydrogens (tertiary/aromatic N) is 2. The highest BCUT2D eigenvalue weighted by Gasteiger charge is 2.41. The number of rotatable bonds is 4. The molecule has 1 aromatic carbocycles. The third-order valence-electron chi connectivity index (χ3n) is 4.79. The van der Waals surface area contributed by atoms with Crippen LogP contribution in [0.4, 0.5) is 0 Å². The van der Waals surface area contributed by atoms with Crippen LogP contribution >= 0.6 is 0 Å². The van der Waals surface area contributed by atoms with Gasteiger partial charge in [0.15, 0.2) is 0 Å². The first-order chi connectivity index (χ1) is 9.66. The highest BCUT2D eigenvalue weighted by atomic mass is 15.3. The molecule has 2 aromatic rings. The first kappa shape index (κ1) is 13.4. The Hall–Kier alpha value is -1.61. The zero-order chi connectivity index (χ0) is 14.2. The zero-order valence-electron chi connectivity index (χ0n) is 12.4. The Balaban J connectivity index is 1.95. The fourth-order valence-corrected chi connectivity index (χ4v) is 3.53. The lowest BCUT2D eigenvalue weighted by Crippen LogP contribution is -2.42.